The predicted molar refractivity (Wildman–Crippen MR) is 265 cm³/mol. The van der Waals surface area contributed by atoms with Gasteiger partial charge in [-0.05, 0) is 73.7 Å². The lowest BCUT2D eigenvalue weighted by Crippen LogP contribution is -2.15. The molecule has 61 heavy (non-hydrogen) atoms. The second-order valence-corrected chi connectivity index (χ2v) is 15.1. The highest BCUT2D eigenvalue weighted by Gasteiger charge is 2.38. The molecule has 3 aromatic heterocycles. The van der Waals surface area contributed by atoms with E-state index in [2.05, 4.69) is 113 Å². The zero-order chi connectivity index (χ0) is 43.8. The lowest BCUT2D eigenvalue weighted by atomic mass is 9.77. The van der Waals surface area contributed by atoms with Crippen molar-refractivity contribution in [3.05, 3.63) is 198 Å². The summed E-state index contributed by atoms with van der Waals surface area (Å²) in [6, 6.07) is 10.9. The smallest absolute Gasteiger partial charge is 0.182 e. The molecule has 304 valence electrons. The molecular formula is C53H54B2N4O2. The quantitative estimate of drug-likeness (QED) is 0.0730. The van der Waals surface area contributed by atoms with Gasteiger partial charge in [-0.25, -0.2) is 19.9 Å². The van der Waals surface area contributed by atoms with Crippen molar-refractivity contribution in [2.45, 2.75) is 60.6 Å². The van der Waals surface area contributed by atoms with Crippen LogP contribution in [-0.4, -0.2) is 34.5 Å². The number of hydrogen-bond donors (Lipinski definition) is 0. The molecule has 0 N–H and O–H groups in total. The number of rotatable bonds is 16. The number of furan rings is 1. The first kappa shape index (κ1) is 43.8. The molecule has 0 atom stereocenters. The Balaban J connectivity index is 1.47. The maximum atomic E-state index is 7.06. The van der Waals surface area contributed by atoms with Crippen molar-refractivity contribution in [2.24, 2.45) is 0 Å². The lowest BCUT2D eigenvalue weighted by Gasteiger charge is -2.22. The van der Waals surface area contributed by atoms with Crippen molar-refractivity contribution < 1.29 is 8.83 Å². The summed E-state index contributed by atoms with van der Waals surface area (Å²) in [4.78, 5) is 19.2. The summed E-state index contributed by atoms with van der Waals surface area (Å²) in [5.41, 5.74) is 13.9. The maximum Gasteiger partial charge on any atom is 0.182 e. The molecule has 0 spiro atoms. The van der Waals surface area contributed by atoms with E-state index in [1.807, 2.05) is 82.4 Å². The fraction of sp³-hybridized carbons (Fsp3) is 0.170. The lowest BCUT2D eigenvalue weighted by molar-refractivity contribution is 0.539. The van der Waals surface area contributed by atoms with Crippen LogP contribution in [0.1, 0.15) is 98.4 Å². The van der Waals surface area contributed by atoms with Crippen LogP contribution >= 0.6 is 0 Å². The number of nitrogens with zero attached hydrogens (tertiary/aromatic N) is 4. The molecule has 8 heteroatoms. The van der Waals surface area contributed by atoms with Crippen LogP contribution in [0.2, 0.25) is 13.6 Å². The zero-order valence-electron chi connectivity index (χ0n) is 36.9. The van der Waals surface area contributed by atoms with Gasteiger partial charge >= 0.3 is 0 Å². The monoisotopic (exact) mass is 800 g/mol. The number of oxazole rings is 1. The molecule has 0 saturated carbocycles. The molecule has 0 saturated heterocycles. The third-order valence-corrected chi connectivity index (χ3v) is 11.0. The van der Waals surface area contributed by atoms with E-state index in [-0.39, 0.29) is 5.41 Å². The normalized spacial score (nSPS) is 14.6. The highest BCUT2D eigenvalue weighted by atomic mass is 16.3. The molecule has 1 aliphatic carbocycles. The molecule has 3 heterocycles. The van der Waals surface area contributed by atoms with Gasteiger partial charge in [0.25, 0.3) is 0 Å². The molecule has 5 aromatic rings. The Bertz CT molecular complexity index is 2810. The van der Waals surface area contributed by atoms with Gasteiger partial charge in [0.1, 0.15) is 31.6 Å². The van der Waals surface area contributed by atoms with E-state index < -0.39 is 0 Å². The molecule has 0 bridgehead atoms. The highest BCUT2D eigenvalue weighted by Crippen LogP contribution is 2.52. The summed E-state index contributed by atoms with van der Waals surface area (Å²) in [5.74, 6) is 7.22. The number of benzene rings is 2. The minimum atomic E-state index is -0.258. The van der Waals surface area contributed by atoms with Gasteiger partial charge < -0.3 is 8.83 Å². The molecule has 0 aliphatic heterocycles. The topological polar surface area (TPSA) is 77.8 Å². The number of fused-ring (bicyclic) bond motifs is 5. The van der Waals surface area contributed by atoms with Crippen molar-refractivity contribution in [1.29, 1.82) is 0 Å². The SMILES string of the molecule is C=C\C(=C/C(=C\C)C(=C/BC)/c1oc(/C(=C\C)c2ccc3c(c2)C(C)(C)c2ccc4ncoc4c2-3)c(C=C)c1C=C)c1nc(C(=C)/C=C\C=C/C)nc(C(/C=C\C)=C/BC)n1. The third kappa shape index (κ3) is 8.36. The average molecular weight is 801 g/mol. The Morgan fingerprint density at radius 3 is 2.10 bits per heavy atom. The van der Waals surface area contributed by atoms with Crippen molar-refractivity contribution in [3.63, 3.8) is 0 Å². The van der Waals surface area contributed by atoms with E-state index >= 15 is 0 Å². The van der Waals surface area contributed by atoms with E-state index in [1.54, 1.807) is 6.08 Å². The number of hydrogen-bond acceptors (Lipinski definition) is 6. The van der Waals surface area contributed by atoms with E-state index in [0.29, 0.717) is 34.6 Å². The molecule has 2 aromatic carbocycles. The van der Waals surface area contributed by atoms with Gasteiger partial charge in [-0.1, -0.05) is 139 Å². The summed E-state index contributed by atoms with van der Waals surface area (Å²) >= 11 is 0. The Hall–Kier alpha value is -6.79. The third-order valence-electron chi connectivity index (χ3n) is 11.0. The minimum Gasteiger partial charge on any atom is -0.455 e. The summed E-state index contributed by atoms with van der Waals surface area (Å²) in [6.07, 6.45) is 25.0. The summed E-state index contributed by atoms with van der Waals surface area (Å²) in [6.45, 7) is 33.8. The molecule has 0 amide bonds. The molecule has 0 radical (unpaired) electrons. The van der Waals surface area contributed by atoms with Gasteiger partial charge in [0, 0.05) is 50.0 Å². The highest BCUT2D eigenvalue weighted by molar-refractivity contribution is 6.42. The molecule has 1 aliphatic rings. The van der Waals surface area contributed by atoms with Crippen LogP contribution in [0.3, 0.4) is 0 Å². The largest absolute Gasteiger partial charge is 0.455 e. The summed E-state index contributed by atoms with van der Waals surface area (Å²) in [7, 11) is 1.57. The second-order valence-electron chi connectivity index (χ2n) is 15.1. The van der Waals surface area contributed by atoms with Gasteiger partial charge in [0.2, 0.25) is 0 Å². The van der Waals surface area contributed by atoms with E-state index in [4.69, 9.17) is 23.8 Å². The van der Waals surface area contributed by atoms with E-state index in [9.17, 15) is 0 Å². The van der Waals surface area contributed by atoms with Gasteiger partial charge in [0.15, 0.2) is 29.4 Å². The average Bonchev–Trinajstić information content (AvgIpc) is 3.96. The van der Waals surface area contributed by atoms with Crippen LogP contribution in [0, 0.1) is 0 Å². The van der Waals surface area contributed by atoms with Crippen LogP contribution < -0.4 is 0 Å². The standard InChI is InChI=1S/C53H54B2N4O2/c1-13-20-21-23-33(8)50-57-51(59-52(58-50)37(22-14-2)30-54-11)35(16-4)28-34(15-3)42(31-55-12)48-40(19-7)39(18-6)47(61-48)38(17-5)36-24-25-41-44(29-36)53(9,10)43-26-27-45-49(46(41)43)60-32-56-45/h13-32,54-55H,4,6-8H2,1-3,5,9-12H3/b20-13-,22-14-,23-21-,34-15+,35-28+,37-30+,38-17-,42-31-. The maximum absolute atomic E-state index is 7.06. The zero-order valence-corrected chi connectivity index (χ0v) is 36.9. The fourth-order valence-corrected chi connectivity index (χ4v) is 8.01. The molecule has 0 fully saturated rings. The van der Waals surface area contributed by atoms with Crippen LogP contribution in [-0.2, 0) is 5.41 Å². The van der Waals surface area contributed by atoms with Crippen molar-refractivity contribution >= 4 is 65.7 Å². The van der Waals surface area contributed by atoms with Crippen molar-refractivity contribution in [3.8, 4) is 11.1 Å². The first-order valence-corrected chi connectivity index (χ1v) is 20.9. The fourth-order valence-electron chi connectivity index (χ4n) is 8.01. The molecule has 0 unspecified atom stereocenters. The van der Waals surface area contributed by atoms with Crippen LogP contribution in [0.4, 0.5) is 0 Å². The molecular weight excluding hydrogens is 746 g/mol. The van der Waals surface area contributed by atoms with Gasteiger partial charge in [0.05, 0.1) is 0 Å². The minimum absolute atomic E-state index is 0.258. The Kier molecular flexibility index (Phi) is 13.7. The summed E-state index contributed by atoms with van der Waals surface area (Å²) < 4.78 is 13.0. The van der Waals surface area contributed by atoms with Crippen LogP contribution in [0.15, 0.2) is 150 Å². The second kappa shape index (κ2) is 19.1. The first-order chi connectivity index (χ1) is 29.5. The Labute approximate surface area is 362 Å². The molecule has 6 nitrogen and oxygen atoms in total. The van der Waals surface area contributed by atoms with Gasteiger partial charge in [-0.15, -0.1) is 12.0 Å². The first-order valence-electron chi connectivity index (χ1n) is 20.9. The predicted octanol–water partition coefficient (Wildman–Crippen LogP) is 13.2. The number of allylic oxidation sites excluding steroid dienone is 15. The van der Waals surface area contributed by atoms with E-state index in [1.165, 1.54) is 17.5 Å². The number of aromatic nitrogens is 4. The van der Waals surface area contributed by atoms with Gasteiger partial charge in [-0.3, -0.25) is 0 Å². The van der Waals surface area contributed by atoms with Crippen molar-refractivity contribution in [2.75, 3.05) is 0 Å². The van der Waals surface area contributed by atoms with Crippen LogP contribution in [0.25, 0.3) is 62.2 Å². The summed E-state index contributed by atoms with van der Waals surface area (Å²) in [5, 5.41) is 0. The van der Waals surface area contributed by atoms with E-state index in [0.717, 1.165) is 81.3 Å². The Morgan fingerprint density at radius 1 is 0.754 bits per heavy atom. The van der Waals surface area contributed by atoms with Gasteiger partial charge in [-0.2, -0.15) is 0 Å². The van der Waals surface area contributed by atoms with Crippen molar-refractivity contribution in [1.82, 2.24) is 19.9 Å². The Morgan fingerprint density at radius 2 is 1.46 bits per heavy atom. The molecule has 6 rings (SSSR count). The van der Waals surface area contributed by atoms with Crippen LogP contribution in [0.5, 0.6) is 0 Å².